The van der Waals surface area contributed by atoms with E-state index < -0.39 is 0 Å². The number of carbonyl (C=O) groups excluding carboxylic acids is 1. The largest absolute Gasteiger partial charge is 0.293 e. The molecule has 0 aliphatic heterocycles. The zero-order valence-electron chi connectivity index (χ0n) is 8.45. The summed E-state index contributed by atoms with van der Waals surface area (Å²) in [6.45, 7) is 1.76. The van der Waals surface area contributed by atoms with Gasteiger partial charge >= 0.3 is 0 Å². The molecular weight excluding hydrogens is 274 g/mol. The van der Waals surface area contributed by atoms with Gasteiger partial charge in [-0.05, 0) is 31.4 Å². The number of halogens is 1. The first kappa shape index (κ1) is 12.3. The molecule has 0 N–H and O–H groups in total. The molecule has 0 heterocycles. The molecule has 15 heavy (non-hydrogen) atoms. The Morgan fingerprint density at radius 2 is 2.27 bits per heavy atom. The first-order chi connectivity index (χ1) is 7.10. The molecule has 0 spiro atoms. The smallest absolute Gasteiger partial charge is 0.177 e. The van der Waals surface area contributed by atoms with E-state index in [2.05, 4.69) is 15.9 Å². The average Bonchev–Trinajstić information content (AvgIpc) is 2.27. The number of benzene rings is 1. The van der Waals surface area contributed by atoms with Crippen molar-refractivity contribution >= 4 is 33.5 Å². The van der Waals surface area contributed by atoms with Crippen LogP contribution in [0.2, 0.25) is 0 Å². The van der Waals surface area contributed by atoms with Crippen molar-refractivity contribution < 1.29 is 4.79 Å². The van der Waals surface area contributed by atoms with Gasteiger partial charge in [0.1, 0.15) is 0 Å². The van der Waals surface area contributed by atoms with E-state index in [0.717, 1.165) is 4.90 Å². The van der Waals surface area contributed by atoms with Gasteiger partial charge in [0.2, 0.25) is 0 Å². The SMILES string of the molecule is CSc1ccc(C#N)c(C(=O)C(C)Br)c1. The van der Waals surface area contributed by atoms with Crippen LogP contribution in [0.1, 0.15) is 22.8 Å². The maximum Gasteiger partial charge on any atom is 0.177 e. The molecule has 0 aliphatic carbocycles. The minimum Gasteiger partial charge on any atom is -0.293 e. The monoisotopic (exact) mass is 283 g/mol. The molecule has 0 saturated carbocycles. The van der Waals surface area contributed by atoms with E-state index in [9.17, 15) is 4.79 Å². The lowest BCUT2D eigenvalue weighted by molar-refractivity contribution is 0.0995. The van der Waals surface area contributed by atoms with Crippen LogP contribution in [0.15, 0.2) is 23.1 Å². The number of alkyl halides is 1. The average molecular weight is 284 g/mol. The van der Waals surface area contributed by atoms with E-state index in [1.54, 1.807) is 30.8 Å². The number of rotatable bonds is 3. The summed E-state index contributed by atoms with van der Waals surface area (Å²) < 4.78 is 0. The van der Waals surface area contributed by atoms with Crippen molar-refractivity contribution in [3.63, 3.8) is 0 Å². The Bertz CT molecular complexity index is 423. The van der Waals surface area contributed by atoms with Crippen molar-refractivity contribution in [3.8, 4) is 6.07 Å². The van der Waals surface area contributed by atoms with Gasteiger partial charge in [0.25, 0.3) is 0 Å². The Balaban J connectivity index is 3.25. The summed E-state index contributed by atoms with van der Waals surface area (Å²) in [4.78, 5) is 12.5. The molecule has 2 nitrogen and oxygen atoms in total. The second-order valence-corrected chi connectivity index (χ2v) is 5.26. The first-order valence-electron chi connectivity index (χ1n) is 4.36. The second-order valence-electron chi connectivity index (χ2n) is 3.00. The minimum absolute atomic E-state index is 0.0533. The molecule has 0 aliphatic rings. The molecule has 0 radical (unpaired) electrons. The number of ketones is 1. The summed E-state index contributed by atoms with van der Waals surface area (Å²) in [5.74, 6) is -0.0533. The van der Waals surface area contributed by atoms with Crippen LogP contribution in [-0.2, 0) is 0 Å². The van der Waals surface area contributed by atoms with Gasteiger partial charge in [0, 0.05) is 10.5 Å². The molecular formula is C11H10BrNOS. The van der Waals surface area contributed by atoms with Gasteiger partial charge in [-0.15, -0.1) is 11.8 Å². The highest BCUT2D eigenvalue weighted by Crippen LogP contribution is 2.21. The van der Waals surface area contributed by atoms with Gasteiger partial charge in [-0.25, -0.2) is 0 Å². The second kappa shape index (κ2) is 5.34. The Kier molecular flexibility index (Phi) is 4.37. The van der Waals surface area contributed by atoms with Crippen molar-refractivity contribution in [2.24, 2.45) is 0 Å². The number of carbonyl (C=O) groups is 1. The van der Waals surface area contributed by atoms with Crippen molar-refractivity contribution in [1.29, 1.82) is 5.26 Å². The quantitative estimate of drug-likeness (QED) is 0.486. The number of thioether (sulfide) groups is 1. The van der Waals surface area contributed by atoms with E-state index in [1.165, 1.54) is 0 Å². The van der Waals surface area contributed by atoms with E-state index in [-0.39, 0.29) is 10.6 Å². The molecule has 1 rings (SSSR count). The van der Waals surface area contributed by atoms with Crippen LogP contribution in [-0.4, -0.2) is 16.9 Å². The van der Waals surface area contributed by atoms with Gasteiger partial charge in [0.05, 0.1) is 16.5 Å². The zero-order chi connectivity index (χ0) is 11.4. The molecule has 0 aromatic heterocycles. The third kappa shape index (κ3) is 2.83. The summed E-state index contributed by atoms with van der Waals surface area (Å²) in [6.07, 6.45) is 1.94. The Morgan fingerprint density at radius 1 is 1.60 bits per heavy atom. The van der Waals surface area contributed by atoms with Crippen LogP contribution in [0.3, 0.4) is 0 Å². The zero-order valence-corrected chi connectivity index (χ0v) is 10.9. The van der Waals surface area contributed by atoms with E-state index in [0.29, 0.717) is 11.1 Å². The predicted octanol–water partition coefficient (Wildman–Crippen LogP) is 3.25. The Labute approximate surface area is 102 Å². The number of nitrogens with zero attached hydrogens (tertiary/aromatic N) is 1. The minimum atomic E-state index is -0.262. The highest BCUT2D eigenvalue weighted by atomic mass is 79.9. The van der Waals surface area contributed by atoms with E-state index in [4.69, 9.17) is 5.26 Å². The molecule has 1 atom stereocenters. The summed E-state index contributed by atoms with van der Waals surface area (Å²) in [6, 6.07) is 7.33. The molecule has 0 bridgehead atoms. The normalized spacial score (nSPS) is 11.9. The highest BCUT2D eigenvalue weighted by molar-refractivity contribution is 9.10. The third-order valence-corrected chi connectivity index (χ3v) is 3.12. The lowest BCUT2D eigenvalue weighted by Gasteiger charge is -2.06. The van der Waals surface area contributed by atoms with Gasteiger partial charge in [-0.3, -0.25) is 4.79 Å². The molecule has 4 heteroatoms. The van der Waals surface area contributed by atoms with Gasteiger partial charge < -0.3 is 0 Å². The molecule has 0 amide bonds. The van der Waals surface area contributed by atoms with Crippen LogP contribution >= 0.6 is 27.7 Å². The summed E-state index contributed by atoms with van der Waals surface area (Å²) in [5.41, 5.74) is 0.929. The molecule has 1 aromatic rings. The predicted molar refractivity (Wildman–Crippen MR) is 65.7 cm³/mol. The summed E-state index contributed by atoms with van der Waals surface area (Å²) >= 11 is 4.77. The van der Waals surface area contributed by atoms with Gasteiger partial charge in [-0.2, -0.15) is 5.26 Å². The molecule has 0 fully saturated rings. The molecule has 1 aromatic carbocycles. The summed E-state index contributed by atoms with van der Waals surface area (Å²) in [7, 11) is 0. The maximum atomic E-state index is 11.8. The van der Waals surface area contributed by atoms with Gasteiger partial charge in [-0.1, -0.05) is 15.9 Å². The number of hydrogen-bond donors (Lipinski definition) is 0. The fourth-order valence-electron chi connectivity index (χ4n) is 1.17. The third-order valence-electron chi connectivity index (χ3n) is 1.97. The fourth-order valence-corrected chi connectivity index (χ4v) is 1.85. The Morgan fingerprint density at radius 3 is 2.73 bits per heavy atom. The van der Waals surface area contributed by atoms with Crippen LogP contribution in [0.25, 0.3) is 0 Å². The first-order valence-corrected chi connectivity index (χ1v) is 6.50. The standard InChI is InChI=1S/C11H10BrNOS/c1-7(12)11(14)10-5-9(15-2)4-3-8(10)6-13/h3-5,7H,1-2H3. The fraction of sp³-hybridized carbons (Fsp3) is 0.273. The number of hydrogen-bond acceptors (Lipinski definition) is 3. The topological polar surface area (TPSA) is 40.9 Å². The van der Waals surface area contributed by atoms with Crippen molar-refractivity contribution in [3.05, 3.63) is 29.3 Å². The molecule has 0 saturated heterocycles. The lowest BCUT2D eigenvalue weighted by atomic mass is 10.0. The highest BCUT2D eigenvalue weighted by Gasteiger charge is 2.16. The molecule has 1 unspecified atom stereocenters. The lowest BCUT2D eigenvalue weighted by Crippen LogP contribution is -2.11. The van der Waals surface area contributed by atoms with Crippen molar-refractivity contribution in [2.45, 2.75) is 16.6 Å². The van der Waals surface area contributed by atoms with Crippen LogP contribution < -0.4 is 0 Å². The van der Waals surface area contributed by atoms with Crippen LogP contribution in [0.5, 0.6) is 0 Å². The van der Waals surface area contributed by atoms with Crippen molar-refractivity contribution in [2.75, 3.05) is 6.26 Å². The maximum absolute atomic E-state index is 11.8. The van der Waals surface area contributed by atoms with E-state index in [1.807, 2.05) is 18.4 Å². The molecule has 78 valence electrons. The van der Waals surface area contributed by atoms with Crippen LogP contribution in [0.4, 0.5) is 0 Å². The summed E-state index contributed by atoms with van der Waals surface area (Å²) in [5, 5.41) is 8.89. The van der Waals surface area contributed by atoms with E-state index >= 15 is 0 Å². The Hall–Kier alpha value is -0.790. The van der Waals surface area contributed by atoms with Crippen LogP contribution in [0, 0.1) is 11.3 Å². The van der Waals surface area contributed by atoms with Crippen molar-refractivity contribution in [1.82, 2.24) is 0 Å². The van der Waals surface area contributed by atoms with Gasteiger partial charge in [0.15, 0.2) is 5.78 Å². The number of Topliss-reactive ketones (excluding diaryl/α,β-unsaturated/α-hetero) is 1. The number of nitriles is 1.